The molecule has 6 nitrogen and oxygen atoms in total. The molecule has 0 aromatic heterocycles. The topological polar surface area (TPSA) is 60.9 Å². The molecule has 2 aliphatic rings. The molecule has 128 valence electrons. The number of likely N-dealkylation sites (tertiary alicyclic amines) is 1. The first-order chi connectivity index (χ1) is 10.1. The second-order valence-electron chi connectivity index (χ2n) is 7.50. The zero-order chi connectivity index (χ0) is 16.5. The number of carbonyl (C=O) groups is 1. The number of carbonyl (C=O) groups excluding carboxylic acids is 1. The molecule has 2 aliphatic heterocycles. The van der Waals surface area contributed by atoms with Crippen molar-refractivity contribution in [1.29, 1.82) is 0 Å². The van der Waals surface area contributed by atoms with Crippen LogP contribution in [-0.4, -0.2) is 73.6 Å². The lowest BCUT2D eigenvalue weighted by atomic mass is 9.81. The zero-order valence-electron chi connectivity index (χ0n) is 14.2. The van der Waals surface area contributed by atoms with E-state index in [0.717, 1.165) is 19.4 Å². The maximum atomic E-state index is 12.9. The van der Waals surface area contributed by atoms with Crippen molar-refractivity contribution in [3.8, 4) is 0 Å². The molecule has 0 radical (unpaired) electrons. The SMILES string of the molecule is CC(C)(C)C1CCCCN1C(=O)N1CCN(S(C)(=O)=O)CC1. The molecule has 7 heteroatoms. The summed E-state index contributed by atoms with van der Waals surface area (Å²) in [5.74, 6) is 0. The van der Waals surface area contributed by atoms with Crippen LogP contribution < -0.4 is 0 Å². The average molecular weight is 331 g/mol. The molecule has 2 fully saturated rings. The van der Waals surface area contributed by atoms with Crippen molar-refractivity contribution in [3.63, 3.8) is 0 Å². The van der Waals surface area contributed by atoms with Crippen molar-refractivity contribution in [2.45, 2.75) is 46.1 Å². The highest BCUT2D eigenvalue weighted by atomic mass is 32.2. The van der Waals surface area contributed by atoms with Crippen LogP contribution in [0.25, 0.3) is 0 Å². The van der Waals surface area contributed by atoms with Crippen molar-refractivity contribution >= 4 is 16.1 Å². The summed E-state index contributed by atoms with van der Waals surface area (Å²) in [5.41, 5.74) is 0.0741. The predicted molar refractivity (Wildman–Crippen MR) is 87.2 cm³/mol. The number of piperazine rings is 1. The van der Waals surface area contributed by atoms with E-state index in [0.29, 0.717) is 26.2 Å². The van der Waals surface area contributed by atoms with Gasteiger partial charge in [0.25, 0.3) is 0 Å². The number of sulfonamides is 1. The summed E-state index contributed by atoms with van der Waals surface area (Å²) in [5, 5.41) is 0. The third-order valence-corrected chi connectivity index (χ3v) is 6.03. The van der Waals surface area contributed by atoms with Crippen molar-refractivity contribution in [3.05, 3.63) is 0 Å². The Bertz CT molecular complexity index is 505. The Kier molecular flexibility index (Phi) is 5.06. The molecule has 2 heterocycles. The van der Waals surface area contributed by atoms with Crippen LogP contribution in [0.3, 0.4) is 0 Å². The fraction of sp³-hybridized carbons (Fsp3) is 0.933. The molecule has 1 unspecified atom stereocenters. The summed E-state index contributed by atoms with van der Waals surface area (Å²) in [6.07, 6.45) is 4.51. The fourth-order valence-corrected chi connectivity index (χ4v) is 4.28. The Balaban J connectivity index is 2.02. The van der Waals surface area contributed by atoms with Gasteiger partial charge < -0.3 is 9.80 Å². The molecule has 0 aromatic rings. The van der Waals surface area contributed by atoms with Gasteiger partial charge in [-0.1, -0.05) is 20.8 Å². The van der Waals surface area contributed by atoms with Gasteiger partial charge in [-0.2, -0.15) is 4.31 Å². The van der Waals surface area contributed by atoms with Crippen LogP contribution in [0.1, 0.15) is 40.0 Å². The van der Waals surface area contributed by atoms with Crippen LogP contribution in [0.2, 0.25) is 0 Å². The molecule has 2 saturated heterocycles. The van der Waals surface area contributed by atoms with Gasteiger partial charge in [0, 0.05) is 38.8 Å². The number of piperidine rings is 1. The van der Waals surface area contributed by atoms with E-state index in [2.05, 4.69) is 20.8 Å². The van der Waals surface area contributed by atoms with E-state index in [1.54, 1.807) is 0 Å². The Morgan fingerprint density at radius 2 is 1.59 bits per heavy atom. The smallest absolute Gasteiger partial charge is 0.320 e. The monoisotopic (exact) mass is 331 g/mol. The molecule has 0 aromatic carbocycles. The lowest BCUT2D eigenvalue weighted by Crippen LogP contribution is -2.58. The third-order valence-electron chi connectivity index (χ3n) is 4.73. The first kappa shape index (κ1) is 17.5. The number of hydrogen-bond acceptors (Lipinski definition) is 3. The second-order valence-corrected chi connectivity index (χ2v) is 9.49. The Labute approximate surface area is 134 Å². The number of urea groups is 1. The van der Waals surface area contributed by atoms with E-state index >= 15 is 0 Å². The van der Waals surface area contributed by atoms with Gasteiger partial charge in [-0.15, -0.1) is 0 Å². The van der Waals surface area contributed by atoms with Gasteiger partial charge in [0.05, 0.1) is 6.26 Å². The van der Waals surface area contributed by atoms with Gasteiger partial charge in [0.2, 0.25) is 10.0 Å². The van der Waals surface area contributed by atoms with E-state index < -0.39 is 10.0 Å². The number of rotatable bonds is 1. The summed E-state index contributed by atoms with van der Waals surface area (Å²) in [6.45, 7) is 9.14. The molecule has 2 rings (SSSR count). The van der Waals surface area contributed by atoms with Gasteiger partial charge in [-0.25, -0.2) is 13.2 Å². The summed E-state index contributed by atoms with van der Waals surface area (Å²) in [6, 6.07) is 0.342. The summed E-state index contributed by atoms with van der Waals surface area (Å²) in [4.78, 5) is 16.7. The quantitative estimate of drug-likeness (QED) is 0.733. The van der Waals surface area contributed by atoms with E-state index in [9.17, 15) is 13.2 Å². The molecule has 0 bridgehead atoms. The predicted octanol–water partition coefficient (Wildman–Crippen LogP) is 1.58. The highest BCUT2D eigenvalue weighted by molar-refractivity contribution is 7.88. The largest absolute Gasteiger partial charge is 0.322 e. The molecule has 1 atom stereocenters. The minimum absolute atomic E-state index is 0.0741. The average Bonchev–Trinajstić information content (AvgIpc) is 2.45. The molecule has 0 spiro atoms. The van der Waals surface area contributed by atoms with Crippen LogP contribution in [0.5, 0.6) is 0 Å². The molecular weight excluding hydrogens is 302 g/mol. The van der Waals surface area contributed by atoms with E-state index in [1.807, 2.05) is 9.80 Å². The molecular formula is C15H29N3O3S. The van der Waals surface area contributed by atoms with Crippen LogP contribution in [0, 0.1) is 5.41 Å². The molecule has 0 aliphatic carbocycles. The first-order valence-electron chi connectivity index (χ1n) is 8.11. The summed E-state index contributed by atoms with van der Waals surface area (Å²) >= 11 is 0. The Morgan fingerprint density at radius 3 is 2.09 bits per heavy atom. The van der Waals surface area contributed by atoms with Crippen molar-refractivity contribution in [1.82, 2.24) is 14.1 Å². The normalized spacial score (nSPS) is 25.4. The minimum Gasteiger partial charge on any atom is -0.322 e. The highest BCUT2D eigenvalue weighted by Gasteiger charge is 2.38. The molecule has 0 N–H and O–H groups in total. The minimum atomic E-state index is -3.15. The highest BCUT2D eigenvalue weighted by Crippen LogP contribution is 2.32. The molecule has 2 amide bonds. The van der Waals surface area contributed by atoms with Crippen LogP contribution >= 0.6 is 0 Å². The van der Waals surface area contributed by atoms with Crippen LogP contribution in [0.15, 0.2) is 0 Å². The van der Waals surface area contributed by atoms with Crippen LogP contribution in [0.4, 0.5) is 4.79 Å². The second kappa shape index (κ2) is 6.35. The standard InChI is InChI=1S/C15H29N3O3S/c1-15(2,3)13-7-5-6-8-18(13)14(19)16-9-11-17(12-10-16)22(4,20)21/h13H,5-12H2,1-4H3. The lowest BCUT2D eigenvalue weighted by Gasteiger charge is -2.46. The third kappa shape index (κ3) is 3.93. The van der Waals surface area contributed by atoms with Gasteiger partial charge in [-0.3, -0.25) is 0 Å². The van der Waals surface area contributed by atoms with Crippen molar-refractivity contribution in [2.24, 2.45) is 5.41 Å². The van der Waals surface area contributed by atoms with E-state index in [4.69, 9.17) is 0 Å². The summed E-state index contributed by atoms with van der Waals surface area (Å²) in [7, 11) is -3.15. The first-order valence-corrected chi connectivity index (χ1v) is 9.96. The van der Waals surface area contributed by atoms with Crippen LogP contribution in [-0.2, 0) is 10.0 Å². The maximum Gasteiger partial charge on any atom is 0.320 e. The van der Waals surface area contributed by atoms with Crippen molar-refractivity contribution in [2.75, 3.05) is 39.0 Å². The molecule has 22 heavy (non-hydrogen) atoms. The van der Waals surface area contributed by atoms with E-state index in [-0.39, 0.29) is 17.5 Å². The fourth-order valence-electron chi connectivity index (χ4n) is 3.45. The molecule has 0 saturated carbocycles. The zero-order valence-corrected chi connectivity index (χ0v) is 15.0. The van der Waals surface area contributed by atoms with Gasteiger partial charge >= 0.3 is 6.03 Å². The van der Waals surface area contributed by atoms with Gasteiger partial charge in [-0.05, 0) is 24.7 Å². The van der Waals surface area contributed by atoms with Gasteiger partial charge in [0.1, 0.15) is 0 Å². The summed E-state index contributed by atoms with van der Waals surface area (Å²) < 4.78 is 24.6. The maximum absolute atomic E-state index is 12.9. The number of hydrogen-bond donors (Lipinski definition) is 0. The van der Waals surface area contributed by atoms with E-state index in [1.165, 1.54) is 17.0 Å². The number of amides is 2. The van der Waals surface area contributed by atoms with Crippen molar-refractivity contribution < 1.29 is 13.2 Å². The van der Waals surface area contributed by atoms with Gasteiger partial charge in [0.15, 0.2) is 0 Å². The lowest BCUT2D eigenvalue weighted by molar-refractivity contribution is 0.0605. The Hall–Kier alpha value is -0.820. The number of nitrogens with zero attached hydrogens (tertiary/aromatic N) is 3. The Morgan fingerprint density at radius 1 is 1.00 bits per heavy atom.